The number of halogens is 1. The molecule has 0 saturated heterocycles. The number of aliphatic imine (C=N–C) groups is 1. The molecule has 1 aromatic carbocycles. The molecular formula is C13H18BrN3O. The molecule has 0 saturated carbocycles. The van der Waals surface area contributed by atoms with E-state index in [4.69, 9.17) is 10.5 Å². The van der Waals surface area contributed by atoms with Crippen molar-refractivity contribution in [3.05, 3.63) is 28.7 Å². The topological polar surface area (TPSA) is 50.9 Å². The van der Waals surface area contributed by atoms with Gasteiger partial charge in [0.1, 0.15) is 0 Å². The SMILES string of the molecule is CCOCC1(C)CN=C(N)N1c1ccccc1Br. The summed E-state index contributed by atoms with van der Waals surface area (Å²) in [5, 5.41) is 0. The van der Waals surface area contributed by atoms with E-state index in [1.54, 1.807) is 0 Å². The van der Waals surface area contributed by atoms with E-state index in [2.05, 4.69) is 27.8 Å². The summed E-state index contributed by atoms with van der Waals surface area (Å²) in [7, 11) is 0. The second kappa shape index (κ2) is 5.28. The number of para-hydroxylation sites is 1. The van der Waals surface area contributed by atoms with Crippen LogP contribution in [0.5, 0.6) is 0 Å². The third-order valence-electron chi connectivity index (χ3n) is 3.06. The van der Waals surface area contributed by atoms with Gasteiger partial charge in [-0.2, -0.15) is 0 Å². The minimum atomic E-state index is -0.218. The molecule has 0 aromatic heterocycles. The van der Waals surface area contributed by atoms with Gasteiger partial charge in [0.15, 0.2) is 5.96 Å². The van der Waals surface area contributed by atoms with Crippen LogP contribution in [-0.2, 0) is 4.74 Å². The summed E-state index contributed by atoms with van der Waals surface area (Å²) in [6, 6.07) is 8.01. The first kappa shape index (κ1) is 13.4. The summed E-state index contributed by atoms with van der Waals surface area (Å²) in [6.07, 6.45) is 0. The molecule has 0 aliphatic carbocycles. The zero-order valence-corrected chi connectivity index (χ0v) is 12.3. The van der Waals surface area contributed by atoms with Gasteiger partial charge in [-0.05, 0) is 41.9 Å². The van der Waals surface area contributed by atoms with Crippen LogP contribution < -0.4 is 10.6 Å². The lowest BCUT2D eigenvalue weighted by atomic mass is 10.0. The number of rotatable bonds is 4. The van der Waals surface area contributed by atoms with Gasteiger partial charge < -0.3 is 15.4 Å². The average molecular weight is 312 g/mol. The molecule has 1 aromatic rings. The van der Waals surface area contributed by atoms with Gasteiger partial charge in [-0.3, -0.25) is 4.99 Å². The van der Waals surface area contributed by atoms with Crippen LogP contribution in [0.15, 0.2) is 33.7 Å². The van der Waals surface area contributed by atoms with Crippen molar-refractivity contribution in [1.29, 1.82) is 0 Å². The van der Waals surface area contributed by atoms with Crippen molar-refractivity contribution >= 4 is 27.6 Å². The largest absolute Gasteiger partial charge is 0.379 e. The monoisotopic (exact) mass is 311 g/mol. The third kappa shape index (κ3) is 2.37. The first-order chi connectivity index (χ1) is 8.58. The van der Waals surface area contributed by atoms with Crippen LogP contribution in [0.3, 0.4) is 0 Å². The van der Waals surface area contributed by atoms with Gasteiger partial charge >= 0.3 is 0 Å². The molecular weight excluding hydrogens is 294 g/mol. The molecule has 2 rings (SSSR count). The Morgan fingerprint density at radius 2 is 2.22 bits per heavy atom. The molecule has 1 heterocycles. The first-order valence-electron chi connectivity index (χ1n) is 6.01. The lowest BCUT2D eigenvalue weighted by Gasteiger charge is -2.36. The third-order valence-corrected chi connectivity index (χ3v) is 3.73. The molecule has 0 amide bonds. The molecule has 1 aliphatic rings. The maximum Gasteiger partial charge on any atom is 0.196 e. The minimum absolute atomic E-state index is 0.218. The molecule has 4 nitrogen and oxygen atoms in total. The van der Waals surface area contributed by atoms with Crippen molar-refractivity contribution in [3.8, 4) is 0 Å². The van der Waals surface area contributed by atoms with Crippen LogP contribution in [0.25, 0.3) is 0 Å². The lowest BCUT2D eigenvalue weighted by Crippen LogP contribution is -2.53. The van der Waals surface area contributed by atoms with Crippen LogP contribution in [0, 0.1) is 0 Å². The highest BCUT2D eigenvalue weighted by Crippen LogP contribution is 2.34. The second-order valence-electron chi connectivity index (χ2n) is 4.60. The Balaban J connectivity index is 2.33. The molecule has 0 spiro atoms. The predicted octanol–water partition coefficient (Wildman–Crippen LogP) is 2.38. The minimum Gasteiger partial charge on any atom is -0.379 e. The van der Waals surface area contributed by atoms with Crippen LogP contribution in [0.2, 0.25) is 0 Å². The van der Waals surface area contributed by atoms with E-state index in [1.807, 2.05) is 36.1 Å². The number of nitrogens with two attached hydrogens (primary N) is 1. The van der Waals surface area contributed by atoms with Crippen LogP contribution in [0.1, 0.15) is 13.8 Å². The molecule has 5 heteroatoms. The zero-order chi connectivity index (χ0) is 13.2. The van der Waals surface area contributed by atoms with Gasteiger partial charge in [-0.25, -0.2) is 0 Å². The van der Waals surface area contributed by atoms with E-state index >= 15 is 0 Å². The summed E-state index contributed by atoms with van der Waals surface area (Å²) in [5.41, 5.74) is 6.83. The Labute approximate surface area is 116 Å². The molecule has 1 aliphatic heterocycles. The number of anilines is 1. The Morgan fingerprint density at radius 3 is 2.89 bits per heavy atom. The van der Waals surface area contributed by atoms with E-state index in [-0.39, 0.29) is 5.54 Å². The van der Waals surface area contributed by atoms with Crippen molar-refractivity contribution in [3.63, 3.8) is 0 Å². The number of guanidine groups is 1. The van der Waals surface area contributed by atoms with Gasteiger partial charge in [0.2, 0.25) is 0 Å². The highest BCUT2D eigenvalue weighted by Gasteiger charge is 2.39. The predicted molar refractivity (Wildman–Crippen MR) is 78.0 cm³/mol. The highest BCUT2D eigenvalue weighted by molar-refractivity contribution is 9.10. The van der Waals surface area contributed by atoms with E-state index in [9.17, 15) is 0 Å². The van der Waals surface area contributed by atoms with Crippen LogP contribution in [-0.4, -0.2) is 31.3 Å². The number of hydrogen-bond acceptors (Lipinski definition) is 4. The fourth-order valence-electron chi connectivity index (χ4n) is 2.15. The molecule has 0 radical (unpaired) electrons. The van der Waals surface area contributed by atoms with Gasteiger partial charge in [-0.1, -0.05) is 12.1 Å². The fourth-order valence-corrected chi connectivity index (χ4v) is 2.61. The van der Waals surface area contributed by atoms with Gasteiger partial charge in [0.05, 0.1) is 24.4 Å². The van der Waals surface area contributed by atoms with Crippen molar-refractivity contribution < 1.29 is 4.74 Å². The number of hydrogen-bond donors (Lipinski definition) is 1. The summed E-state index contributed by atoms with van der Waals surface area (Å²) in [4.78, 5) is 6.41. The summed E-state index contributed by atoms with van der Waals surface area (Å²) in [6.45, 7) is 6.06. The van der Waals surface area contributed by atoms with Gasteiger partial charge in [-0.15, -0.1) is 0 Å². The Morgan fingerprint density at radius 1 is 1.50 bits per heavy atom. The number of ether oxygens (including phenoxy) is 1. The summed E-state index contributed by atoms with van der Waals surface area (Å²) >= 11 is 3.56. The van der Waals surface area contributed by atoms with Crippen molar-refractivity contribution in [2.75, 3.05) is 24.7 Å². The molecule has 0 fully saturated rings. The maximum absolute atomic E-state index is 6.03. The van der Waals surface area contributed by atoms with Gasteiger partial charge in [0, 0.05) is 11.1 Å². The van der Waals surface area contributed by atoms with E-state index in [0.29, 0.717) is 25.7 Å². The van der Waals surface area contributed by atoms with Crippen LogP contribution in [0.4, 0.5) is 5.69 Å². The second-order valence-corrected chi connectivity index (χ2v) is 5.45. The molecule has 1 atom stereocenters. The van der Waals surface area contributed by atoms with Gasteiger partial charge in [0.25, 0.3) is 0 Å². The van der Waals surface area contributed by atoms with Crippen LogP contribution >= 0.6 is 15.9 Å². The molecule has 1 unspecified atom stereocenters. The maximum atomic E-state index is 6.03. The number of benzene rings is 1. The molecule has 18 heavy (non-hydrogen) atoms. The Kier molecular flexibility index (Phi) is 3.92. The summed E-state index contributed by atoms with van der Waals surface area (Å²) < 4.78 is 6.58. The Bertz CT molecular complexity index is 463. The number of nitrogens with zero attached hydrogens (tertiary/aromatic N) is 2. The van der Waals surface area contributed by atoms with Crippen molar-refractivity contribution in [1.82, 2.24) is 0 Å². The quantitative estimate of drug-likeness (QED) is 0.929. The average Bonchev–Trinajstić information content (AvgIpc) is 2.65. The molecule has 2 N–H and O–H groups in total. The van der Waals surface area contributed by atoms with E-state index in [1.165, 1.54) is 0 Å². The molecule has 0 bridgehead atoms. The van der Waals surface area contributed by atoms with Crippen molar-refractivity contribution in [2.45, 2.75) is 19.4 Å². The standard InChI is InChI=1S/C13H18BrN3O/c1-3-18-9-13(2)8-16-12(15)17(13)11-7-5-4-6-10(11)14/h4-7H,3,8-9H2,1-2H3,(H2,15,16). The van der Waals surface area contributed by atoms with E-state index in [0.717, 1.165) is 10.2 Å². The summed E-state index contributed by atoms with van der Waals surface area (Å²) in [5.74, 6) is 0.545. The lowest BCUT2D eigenvalue weighted by molar-refractivity contribution is 0.108. The Hall–Kier alpha value is -1.07. The van der Waals surface area contributed by atoms with Crippen molar-refractivity contribution in [2.24, 2.45) is 10.7 Å². The molecule has 98 valence electrons. The van der Waals surface area contributed by atoms with E-state index < -0.39 is 0 Å². The normalized spacial score (nSPS) is 23.3. The first-order valence-corrected chi connectivity index (χ1v) is 6.80. The smallest absolute Gasteiger partial charge is 0.196 e. The highest BCUT2D eigenvalue weighted by atomic mass is 79.9. The fraction of sp³-hybridized carbons (Fsp3) is 0.462. The zero-order valence-electron chi connectivity index (χ0n) is 10.7.